The van der Waals surface area contributed by atoms with Crippen molar-refractivity contribution in [2.75, 3.05) is 26.2 Å². The highest BCUT2D eigenvalue weighted by Crippen LogP contribution is 2.08. The summed E-state index contributed by atoms with van der Waals surface area (Å²) < 4.78 is 26.5. The molecule has 6 nitrogen and oxygen atoms in total. The van der Waals surface area contributed by atoms with E-state index >= 15 is 0 Å². The molecule has 1 atom stereocenters. The second-order valence-corrected chi connectivity index (χ2v) is 6.87. The van der Waals surface area contributed by atoms with E-state index in [4.69, 9.17) is 0 Å². The van der Waals surface area contributed by atoms with Crippen molar-refractivity contribution in [3.63, 3.8) is 0 Å². The summed E-state index contributed by atoms with van der Waals surface area (Å²) in [6.45, 7) is 4.34. The number of carbonyl (C=O) groups is 1. The number of carbonyl (C=O) groups excluding carboxylic acids is 1. The van der Waals surface area contributed by atoms with E-state index in [1.165, 1.54) is 12.1 Å². The van der Waals surface area contributed by atoms with Crippen LogP contribution in [0.4, 0.5) is 0 Å². The fourth-order valence-corrected chi connectivity index (χ4v) is 3.38. The van der Waals surface area contributed by atoms with Gasteiger partial charge >= 0.3 is 0 Å². The van der Waals surface area contributed by atoms with Crippen LogP contribution in [0.5, 0.6) is 0 Å². The monoisotopic (exact) mass is 347 g/mol. The summed E-state index contributed by atoms with van der Waals surface area (Å²) in [6.07, 6.45) is 0.177. The smallest absolute Gasteiger partial charge is 0.240 e. The summed E-state index contributed by atoms with van der Waals surface area (Å²) in [5.74, 6) is -0.0141. The highest BCUT2D eigenvalue weighted by atomic mass is 35.5. The Labute approximate surface area is 137 Å². The number of rotatable bonds is 5. The van der Waals surface area contributed by atoms with Gasteiger partial charge < -0.3 is 10.2 Å². The zero-order valence-corrected chi connectivity index (χ0v) is 14.1. The Morgan fingerprint density at radius 3 is 2.68 bits per heavy atom. The van der Waals surface area contributed by atoms with Gasteiger partial charge in [-0.05, 0) is 19.1 Å². The fraction of sp³-hybridized carbons (Fsp3) is 0.500. The van der Waals surface area contributed by atoms with Crippen LogP contribution >= 0.6 is 12.4 Å². The molecule has 1 amide bonds. The molecule has 0 saturated carbocycles. The largest absolute Gasteiger partial charge is 0.337 e. The molecular formula is C14H22ClN3O3S. The summed E-state index contributed by atoms with van der Waals surface area (Å²) in [4.78, 5) is 14.1. The van der Waals surface area contributed by atoms with Crippen molar-refractivity contribution >= 4 is 28.3 Å². The third-order valence-electron chi connectivity index (χ3n) is 3.51. The van der Waals surface area contributed by atoms with Crippen molar-refractivity contribution in [3.05, 3.63) is 30.3 Å². The molecule has 0 bridgehead atoms. The molecule has 0 spiro atoms. The molecule has 124 valence electrons. The number of benzene rings is 1. The molecule has 0 radical (unpaired) electrons. The standard InChI is InChI=1S/C14H21N3O3S.ClH/c1-12-11-15-9-10-17(12)14(18)7-8-16-21(19,20)13-5-3-2-4-6-13;/h2-6,12,15-16H,7-11H2,1H3;1H. The topological polar surface area (TPSA) is 78.5 Å². The van der Waals surface area contributed by atoms with Gasteiger partial charge in [0.2, 0.25) is 15.9 Å². The van der Waals surface area contributed by atoms with Crippen molar-refractivity contribution in [2.45, 2.75) is 24.3 Å². The van der Waals surface area contributed by atoms with Crippen LogP contribution in [0.3, 0.4) is 0 Å². The van der Waals surface area contributed by atoms with Gasteiger partial charge in [-0.15, -0.1) is 12.4 Å². The zero-order chi connectivity index (χ0) is 15.3. The molecule has 1 fully saturated rings. The Balaban J connectivity index is 0.00000242. The predicted molar refractivity (Wildman–Crippen MR) is 87.5 cm³/mol. The molecule has 22 heavy (non-hydrogen) atoms. The molecule has 1 unspecified atom stereocenters. The van der Waals surface area contributed by atoms with Crippen molar-refractivity contribution in [1.82, 2.24) is 14.9 Å². The van der Waals surface area contributed by atoms with Crippen molar-refractivity contribution in [3.8, 4) is 0 Å². The number of sulfonamides is 1. The van der Waals surface area contributed by atoms with Gasteiger partial charge in [0.1, 0.15) is 0 Å². The maximum absolute atomic E-state index is 12.1. The minimum atomic E-state index is -3.53. The molecule has 1 aliphatic rings. The van der Waals surface area contributed by atoms with Crippen LogP contribution in [0.1, 0.15) is 13.3 Å². The first-order valence-corrected chi connectivity index (χ1v) is 8.54. The second kappa shape index (κ2) is 8.47. The first-order chi connectivity index (χ1) is 10.0. The fourth-order valence-electron chi connectivity index (χ4n) is 2.33. The Hall–Kier alpha value is -1.15. The van der Waals surface area contributed by atoms with Gasteiger partial charge in [-0.1, -0.05) is 18.2 Å². The molecule has 1 heterocycles. The maximum atomic E-state index is 12.1. The Morgan fingerprint density at radius 1 is 1.36 bits per heavy atom. The van der Waals surface area contributed by atoms with E-state index < -0.39 is 10.0 Å². The lowest BCUT2D eigenvalue weighted by atomic mass is 10.2. The number of piperazine rings is 1. The number of halogens is 1. The van der Waals surface area contributed by atoms with Gasteiger partial charge in [-0.2, -0.15) is 0 Å². The van der Waals surface area contributed by atoms with E-state index in [-0.39, 0.29) is 42.2 Å². The zero-order valence-electron chi connectivity index (χ0n) is 12.5. The van der Waals surface area contributed by atoms with E-state index in [1.54, 1.807) is 23.1 Å². The number of nitrogens with zero attached hydrogens (tertiary/aromatic N) is 1. The number of nitrogens with one attached hydrogen (secondary N) is 2. The van der Waals surface area contributed by atoms with Crippen LogP contribution in [0, 0.1) is 0 Å². The van der Waals surface area contributed by atoms with Gasteiger partial charge in [0.15, 0.2) is 0 Å². The van der Waals surface area contributed by atoms with E-state index in [2.05, 4.69) is 10.0 Å². The minimum absolute atomic E-state index is 0. The molecule has 1 aromatic rings. The summed E-state index contributed by atoms with van der Waals surface area (Å²) in [7, 11) is -3.53. The van der Waals surface area contributed by atoms with Gasteiger partial charge in [0.05, 0.1) is 4.90 Å². The van der Waals surface area contributed by atoms with Crippen molar-refractivity contribution < 1.29 is 13.2 Å². The lowest BCUT2D eigenvalue weighted by Gasteiger charge is -2.34. The summed E-state index contributed by atoms with van der Waals surface area (Å²) in [5, 5.41) is 3.22. The van der Waals surface area contributed by atoms with Gasteiger partial charge in [0, 0.05) is 38.6 Å². The van der Waals surface area contributed by atoms with Crippen molar-refractivity contribution in [1.29, 1.82) is 0 Å². The van der Waals surface area contributed by atoms with Gasteiger partial charge in [-0.3, -0.25) is 4.79 Å². The van der Waals surface area contributed by atoms with Crippen LogP contribution in [0.15, 0.2) is 35.2 Å². The molecular weight excluding hydrogens is 326 g/mol. The SMILES string of the molecule is CC1CNCCN1C(=O)CCNS(=O)(=O)c1ccccc1.Cl. The van der Waals surface area contributed by atoms with Crippen LogP contribution < -0.4 is 10.0 Å². The molecule has 0 aromatic heterocycles. The molecule has 8 heteroatoms. The van der Waals surface area contributed by atoms with Crippen molar-refractivity contribution in [2.24, 2.45) is 0 Å². The quantitative estimate of drug-likeness (QED) is 0.817. The minimum Gasteiger partial charge on any atom is -0.337 e. The molecule has 1 aromatic carbocycles. The summed E-state index contributed by atoms with van der Waals surface area (Å²) >= 11 is 0. The highest BCUT2D eigenvalue weighted by Gasteiger charge is 2.23. The normalized spacial score (nSPS) is 18.6. The highest BCUT2D eigenvalue weighted by molar-refractivity contribution is 7.89. The summed E-state index contributed by atoms with van der Waals surface area (Å²) in [6, 6.07) is 8.31. The molecule has 2 N–H and O–H groups in total. The number of hydrogen-bond donors (Lipinski definition) is 2. The average molecular weight is 348 g/mol. The Kier molecular flexibility index (Phi) is 7.28. The van der Waals surface area contributed by atoms with Crippen LogP contribution in [-0.4, -0.2) is 51.4 Å². The average Bonchev–Trinajstić information content (AvgIpc) is 2.48. The molecule has 0 aliphatic carbocycles. The Bertz CT molecular complexity index is 580. The molecule has 1 aliphatic heterocycles. The van der Waals surface area contributed by atoms with Crippen LogP contribution in [0.2, 0.25) is 0 Å². The van der Waals surface area contributed by atoms with E-state index in [1.807, 2.05) is 6.92 Å². The first kappa shape index (κ1) is 18.9. The molecule has 2 rings (SSSR count). The first-order valence-electron chi connectivity index (χ1n) is 7.05. The lowest BCUT2D eigenvalue weighted by Crippen LogP contribution is -2.52. The number of amides is 1. The summed E-state index contributed by atoms with van der Waals surface area (Å²) in [5.41, 5.74) is 0. The van der Waals surface area contributed by atoms with E-state index in [9.17, 15) is 13.2 Å². The Morgan fingerprint density at radius 2 is 2.05 bits per heavy atom. The third kappa shape index (κ3) is 4.95. The van der Waals surface area contributed by atoms with Gasteiger partial charge in [0.25, 0.3) is 0 Å². The van der Waals surface area contributed by atoms with E-state index in [0.29, 0.717) is 6.54 Å². The van der Waals surface area contributed by atoms with Crippen LogP contribution in [0.25, 0.3) is 0 Å². The second-order valence-electron chi connectivity index (χ2n) is 5.10. The lowest BCUT2D eigenvalue weighted by molar-refractivity contribution is -0.133. The molecule has 1 saturated heterocycles. The van der Waals surface area contributed by atoms with Crippen LogP contribution in [-0.2, 0) is 14.8 Å². The number of hydrogen-bond acceptors (Lipinski definition) is 4. The maximum Gasteiger partial charge on any atom is 0.240 e. The van der Waals surface area contributed by atoms with E-state index in [0.717, 1.165) is 13.1 Å². The van der Waals surface area contributed by atoms with Gasteiger partial charge in [-0.25, -0.2) is 13.1 Å². The predicted octanol–water partition coefficient (Wildman–Crippen LogP) is 0.597. The third-order valence-corrected chi connectivity index (χ3v) is 4.98.